The van der Waals surface area contributed by atoms with Crippen molar-refractivity contribution in [2.24, 2.45) is 0 Å². The highest BCUT2D eigenvalue weighted by Gasteiger charge is 2.15. The number of nitrogens with one attached hydrogen (secondary N) is 1. The summed E-state index contributed by atoms with van der Waals surface area (Å²) in [6, 6.07) is 11.6. The zero-order valence-corrected chi connectivity index (χ0v) is 13.1. The van der Waals surface area contributed by atoms with Crippen molar-refractivity contribution < 1.29 is 0 Å². The van der Waals surface area contributed by atoms with Crippen LogP contribution in [0.3, 0.4) is 0 Å². The largest absolute Gasteiger partial charge is 0.306 e. The van der Waals surface area contributed by atoms with Gasteiger partial charge < -0.3 is 5.32 Å². The number of rotatable bonds is 5. The number of benzene rings is 1. The highest BCUT2D eigenvalue weighted by Crippen LogP contribution is 2.29. The summed E-state index contributed by atoms with van der Waals surface area (Å²) in [5, 5.41) is 5.78. The molecule has 2 rings (SSSR count). The van der Waals surface area contributed by atoms with Crippen molar-refractivity contribution in [1.29, 1.82) is 0 Å². The SMILES string of the molecule is CCNC(c1ccc(C(C)C)cc1)c1ccsc1C. The molecule has 2 heteroatoms. The first-order chi connectivity index (χ1) is 9.13. The van der Waals surface area contributed by atoms with Gasteiger partial charge in [0, 0.05) is 4.88 Å². The smallest absolute Gasteiger partial charge is 0.0587 e. The Bertz CT molecular complexity index is 510. The van der Waals surface area contributed by atoms with E-state index >= 15 is 0 Å². The average Bonchev–Trinajstić information content (AvgIpc) is 2.82. The summed E-state index contributed by atoms with van der Waals surface area (Å²) >= 11 is 1.82. The lowest BCUT2D eigenvalue weighted by Crippen LogP contribution is -2.22. The highest BCUT2D eigenvalue weighted by atomic mass is 32.1. The molecule has 1 N–H and O–H groups in total. The van der Waals surface area contributed by atoms with Crippen molar-refractivity contribution in [2.45, 2.75) is 39.7 Å². The van der Waals surface area contributed by atoms with Gasteiger partial charge in [0.1, 0.15) is 0 Å². The van der Waals surface area contributed by atoms with Crippen molar-refractivity contribution in [3.05, 3.63) is 57.3 Å². The molecule has 0 fully saturated rings. The minimum atomic E-state index is 0.317. The molecule has 0 spiro atoms. The molecule has 0 amide bonds. The molecule has 0 aliphatic heterocycles. The molecular weight excluding hydrogens is 250 g/mol. The van der Waals surface area contributed by atoms with E-state index in [1.807, 2.05) is 11.3 Å². The van der Waals surface area contributed by atoms with Crippen LogP contribution in [0.2, 0.25) is 0 Å². The van der Waals surface area contributed by atoms with Crippen LogP contribution < -0.4 is 5.32 Å². The minimum Gasteiger partial charge on any atom is -0.306 e. The molecule has 0 bridgehead atoms. The summed E-state index contributed by atoms with van der Waals surface area (Å²) in [6.45, 7) is 9.81. The molecule has 0 aliphatic carbocycles. The van der Waals surface area contributed by atoms with Crippen LogP contribution in [0.4, 0.5) is 0 Å². The third kappa shape index (κ3) is 3.26. The summed E-state index contributed by atoms with van der Waals surface area (Å²) in [6.07, 6.45) is 0. The first-order valence-corrected chi connectivity index (χ1v) is 7.88. The Balaban J connectivity index is 2.31. The van der Waals surface area contributed by atoms with Crippen LogP contribution in [-0.2, 0) is 0 Å². The topological polar surface area (TPSA) is 12.0 Å². The predicted octanol–water partition coefficient (Wildman–Crippen LogP) is 4.88. The maximum Gasteiger partial charge on any atom is 0.0587 e. The van der Waals surface area contributed by atoms with E-state index in [4.69, 9.17) is 0 Å². The second-order valence-corrected chi connectivity index (χ2v) is 6.36. The van der Waals surface area contributed by atoms with E-state index in [2.05, 4.69) is 68.7 Å². The average molecular weight is 273 g/mol. The highest BCUT2D eigenvalue weighted by molar-refractivity contribution is 7.10. The number of hydrogen-bond acceptors (Lipinski definition) is 2. The zero-order valence-electron chi connectivity index (χ0n) is 12.2. The molecule has 1 aromatic heterocycles. The lowest BCUT2D eigenvalue weighted by Gasteiger charge is -2.19. The van der Waals surface area contributed by atoms with Gasteiger partial charge in [-0.1, -0.05) is 45.0 Å². The summed E-state index contributed by atoms with van der Waals surface area (Å²) < 4.78 is 0. The van der Waals surface area contributed by atoms with Gasteiger partial charge in [-0.3, -0.25) is 0 Å². The molecule has 0 saturated carbocycles. The van der Waals surface area contributed by atoms with Crippen LogP contribution in [0.5, 0.6) is 0 Å². The standard InChI is InChI=1S/C17H23NS/c1-5-18-17(16-10-11-19-13(16)4)15-8-6-14(7-9-15)12(2)3/h6-12,17-18H,5H2,1-4H3. The van der Waals surface area contributed by atoms with Crippen molar-refractivity contribution in [2.75, 3.05) is 6.54 Å². The summed E-state index contributed by atoms with van der Waals surface area (Å²) in [4.78, 5) is 1.40. The third-order valence-electron chi connectivity index (χ3n) is 3.55. The van der Waals surface area contributed by atoms with Gasteiger partial charge in [0.15, 0.2) is 0 Å². The quantitative estimate of drug-likeness (QED) is 0.818. The van der Waals surface area contributed by atoms with E-state index in [1.54, 1.807) is 0 Å². The Morgan fingerprint density at radius 3 is 2.16 bits per heavy atom. The van der Waals surface area contributed by atoms with E-state index in [-0.39, 0.29) is 0 Å². The molecule has 102 valence electrons. The second kappa shape index (κ2) is 6.36. The van der Waals surface area contributed by atoms with Crippen molar-refractivity contribution in [3.63, 3.8) is 0 Å². The maximum absolute atomic E-state index is 3.60. The fourth-order valence-electron chi connectivity index (χ4n) is 2.38. The van der Waals surface area contributed by atoms with Crippen molar-refractivity contribution in [1.82, 2.24) is 5.32 Å². The Labute approximate surface area is 120 Å². The Morgan fingerprint density at radius 1 is 1.05 bits per heavy atom. The molecule has 19 heavy (non-hydrogen) atoms. The van der Waals surface area contributed by atoms with Crippen molar-refractivity contribution >= 4 is 11.3 Å². The van der Waals surface area contributed by atoms with Gasteiger partial charge >= 0.3 is 0 Å². The van der Waals surface area contributed by atoms with E-state index in [9.17, 15) is 0 Å². The van der Waals surface area contributed by atoms with E-state index in [1.165, 1.54) is 21.6 Å². The fourth-order valence-corrected chi connectivity index (χ4v) is 3.12. The lowest BCUT2D eigenvalue weighted by molar-refractivity contribution is 0.629. The summed E-state index contributed by atoms with van der Waals surface area (Å²) in [5.74, 6) is 0.592. The van der Waals surface area contributed by atoms with Crippen LogP contribution in [-0.4, -0.2) is 6.54 Å². The molecule has 1 heterocycles. The molecule has 1 nitrogen and oxygen atoms in total. The zero-order chi connectivity index (χ0) is 13.8. The molecule has 0 saturated heterocycles. The summed E-state index contributed by atoms with van der Waals surface area (Å²) in [7, 11) is 0. The fraction of sp³-hybridized carbons (Fsp3) is 0.412. The Morgan fingerprint density at radius 2 is 1.68 bits per heavy atom. The molecule has 0 radical (unpaired) electrons. The molecule has 1 aromatic carbocycles. The first-order valence-electron chi connectivity index (χ1n) is 7.00. The predicted molar refractivity (Wildman–Crippen MR) is 85.1 cm³/mol. The van der Waals surface area contributed by atoms with E-state index in [0.29, 0.717) is 12.0 Å². The van der Waals surface area contributed by atoms with Crippen molar-refractivity contribution in [3.8, 4) is 0 Å². The molecule has 0 aliphatic rings. The molecular formula is C17H23NS. The number of aryl methyl sites for hydroxylation is 1. The molecule has 1 unspecified atom stereocenters. The third-order valence-corrected chi connectivity index (χ3v) is 4.42. The van der Waals surface area contributed by atoms with E-state index < -0.39 is 0 Å². The Hall–Kier alpha value is -1.12. The second-order valence-electron chi connectivity index (χ2n) is 5.24. The first kappa shape index (κ1) is 14.3. The van der Waals surface area contributed by atoms with Gasteiger partial charge in [-0.25, -0.2) is 0 Å². The van der Waals surface area contributed by atoms with Gasteiger partial charge in [-0.15, -0.1) is 11.3 Å². The monoisotopic (exact) mass is 273 g/mol. The summed E-state index contributed by atoms with van der Waals surface area (Å²) in [5.41, 5.74) is 4.16. The van der Waals surface area contributed by atoms with Crippen LogP contribution in [0, 0.1) is 6.92 Å². The van der Waals surface area contributed by atoms with Gasteiger partial charge in [0.2, 0.25) is 0 Å². The van der Waals surface area contributed by atoms with Crippen LogP contribution in [0.25, 0.3) is 0 Å². The van der Waals surface area contributed by atoms with Gasteiger partial charge in [-0.2, -0.15) is 0 Å². The Kier molecular flexibility index (Phi) is 4.78. The number of thiophene rings is 1. The molecule has 1 atom stereocenters. The van der Waals surface area contributed by atoms with E-state index in [0.717, 1.165) is 6.54 Å². The maximum atomic E-state index is 3.60. The number of hydrogen-bond donors (Lipinski definition) is 1. The van der Waals surface area contributed by atoms with Crippen LogP contribution >= 0.6 is 11.3 Å². The molecule has 2 aromatic rings. The van der Waals surface area contributed by atoms with Gasteiger partial charge in [0.05, 0.1) is 6.04 Å². The normalized spacial score (nSPS) is 12.9. The van der Waals surface area contributed by atoms with Crippen LogP contribution in [0.1, 0.15) is 54.3 Å². The lowest BCUT2D eigenvalue weighted by atomic mass is 9.95. The minimum absolute atomic E-state index is 0.317. The van der Waals surface area contributed by atoms with Gasteiger partial charge in [0.25, 0.3) is 0 Å². The van der Waals surface area contributed by atoms with Crippen LogP contribution in [0.15, 0.2) is 35.7 Å². The van der Waals surface area contributed by atoms with Gasteiger partial charge in [-0.05, 0) is 47.5 Å².